The third-order valence-electron chi connectivity index (χ3n) is 5.52. The minimum Gasteiger partial charge on any atom is -0.352 e. The number of nitrogens with zero attached hydrogens (tertiary/aromatic N) is 4. The smallest absolute Gasteiger partial charge is 0.237 e. The zero-order valence-electron chi connectivity index (χ0n) is 14.8. The van der Waals surface area contributed by atoms with Crippen LogP contribution in [-0.4, -0.2) is 59.0 Å². The number of amides is 1. The van der Waals surface area contributed by atoms with Crippen LogP contribution in [0, 0.1) is 5.92 Å². The van der Waals surface area contributed by atoms with Crippen molar-refractivity contribution in [2.24, 2.45) is 5.92 Å². The molecule has 0 radical (unpaired) electrons. The number of carbonyl (C=O) groups excluding carboxylic acids is 1. The summed E-state index contributed by atoms with van der Waals surface area (Å²) in [5, 5.41) is 3.29. The van der Waals surface area contributed by atoms with Crippen LogP contribution in [0.3, 0.4) is 0 Å². The number of hydrogen-bond acceptors (Lipinski definition) is 5. The minimum atomic E-state index is -0.0713. The van der Waals surface area contributed by atoms with Gasteiger partial charge in [-0.15, -0.1) is 0 Å². The summed E-state index contributed by atoms with van der Waals surface area (Å²) in [6.45, 7) is 7.74. The summed E-state index contributed by atoms with van der Waals surface area (Å²) in [6.07, 6.45) is 8.44. The first-order chi connectivity index (χ1) is 11.6. The van der Waals surface area contributed by atoms with Gasteiger partial charge >= 0.3 is 0 Å². The molecule has 1 saturated carbocycles. The Morgan fingerprint density at radius 3 is 2.50 bits per heavy atom. The molecule has 1 aromatic heterocycles. The van der Waals surface area contributed by atoms with E-state index in [1.54, 1.807) is 12.4 Å². The topological polar surface area (TPSA) is 61.4 Å². The van der Waals surface area contributed by atoms with Crippen molar-refractivity contribution in [3.8, 4) is 0 Å². The normalized spacial score (nSPS) is 26.8. The molecule has 3 rings (SSSR count). The molecule has 0 bridgehead atoms. The number of aromatic nitrogens is 2. The third-order valence-corrected chi connectivity index (χ3v) is 5.52. The van der Waals surface area contributed by atoms with E-state index < -0.39 is 0 Å². The fourth-order valence-corrected chi connectivity index (χ4v) is 3.76. The van der Waals surface area contributed by atoms with Gasteiger partial charge < -0.3 is 10.2 Å². The van der Waals surface area contributed by atoms with Crippen molar-refractivity contribution < 1.29 is 4.79 Å². The molecule has 6 nitrogen and oxygen atoms in total. The number of rotatable bonds is 4. The average Bonchev–Trinajstić information content (AvgIpc) is 2.64. The van der Waals surface area contributed by atoms with Crippen molar-refractivity contribution in [1.29, 1.82) is 0 Å². The van der Waals surface area contributed by atoms with Gasteiger partial charge in [0, 0.05) is 44.6 Å². The summed E-state index contributed by atoms with van der Waals surface area (Å²) >= 11 is 0. The summed E-state index contributed by atoms with van der Waals surface area (Å²) in [5.41, 5.74) is 0. The molecule has 1 aromatic rings. The average molecular weight is 331 g/mol. The summed E-state index contributed by atoms with van der Waals surface area (Å²) in [7, 11) is 0. The van der Waals surface area contributed by atoms with Gasteiger partial charge in [0.1, 0.15) is 0 Å². The third kappa shape index (κ3) is 4.04. The van der Waals surface area contributed by atoms with Crippen LogP contribution in [0.25, 0.3) is 0 Å². The van der Waals surface area contributed by atoms with Crippen molar-refractivity contribution >= 4 is 11.9 Å². The molecule has 1 aliphatic heterocycles. The first kappa shape index (κ1) is 17.1. The van der Waals surface area contributed by atoms with Crippen molar-refractivity contribution in [2.75, 3.05) is 31.1 Å². The van der Waals surface area contributed by atoms with Gasteiger partial charge in [0.15, 0.2) is 0 Å². The summed E-state index contributed by atoms with van der Waals surface area (Å²) in [4.78, 5) is 25.7. The van der Waals surface area contributed by atoms with Gasteiger partial charge in [-0.3, -0.25) is 9.69 Å². The molecule has 2 heterocycles. The summed E-state index contributed by atoms with van der Waals surface area (Å²) in [6, 6.07) is 2.11. The SMILES string of the molecule is C[C@@H]1CCCC[C@@H]1NC(=O)[C@@H](C)N1CCN(c2ncccn2)CC1. The highest BCUT2D eigenvalue weighted by atomic mass is 16.2. The maximum atomic E-state index is 12.6. The fourth-order valence-electron chi connectivity index (χ4n) is 3.76. The predicted molar refractivity (Wildman–Crippen MR) is 94.8 cm³/mol. The molecule has 1 N–H and O–H groups in total. The van der Waals surface area contributed by atoms with Crippen LogP contribution in [0.2, 0.25) is 0 Å². The molecule has 0 unspecified atom stereocenters. The highest BCUT2D eigenvalue weighted by molar-refractivity contribution is 5.81. The highest BCUT2D eigenvalue weighted by Gasteiger charge is 2.29. The molecule has 0 spiro atoms. The lowest BCUT2D eigenvalue weighted by molar-refractivity contribution is -0.127. The van der Waals surface area contributed by atoms with Gasteiger partial charge in [0.25, 0.3) is 0 Å². The summed E-state index contributed by atoms with van der Waals surface area (Å²) in [5.74, 6) is 1.56. The molecule has 3 atom stereocenters. The number of piperazine rings is 1. The molecule has 0 aromatic carbocycles. The van der Waals surface area contributed by atoms with E-state index in [4.69, 9.17) is 0 Å². The van der Waals surface area contributed by atoms with Crippen molar-refractivity contribution in [3.63, 3.8) is 0 Å². The molecule has 1 saturated heterocycles. The van der Waals surface area contributed by atoms with E-state index in [-0.39, 0.29) is 11.9 Å². The van der Waals surface area contributed by atoms with Crippen LogP contribution < -0.4 is 10.2 Å². The lowest BCUT2D eigenvalue weighted by Crippen LogP contribution is -2.56. The van der Waals surface area contributed by atoms with E-state index >= 15 is 0 Å². The second-order valence-electron chi connectivity index (χ2n) is 7.12. The Kier molecular flexibility index (Phi) is 5.66. The van der Waals surface area contributed by atoms with Gasteiger partial charge in [-0.05, 0) is 31.7 Å². The van der Waals surface area contributed by atoms with Gasteiger partial charge in [-0.2, -0.15) is 0 Å². The van der Waals surface area contributed by atoms with Crippen molar-refractivity contribution in [1.82, 2.24) is 20.2 Å². The molecule has 24 heavy (non-hydrogen) atoms. The van der Waals surface area contributed by atoms with Crippen LogP contribution in [0.15, 0.2) is 18.5 Å². The van der Waals surface area contributed by atoms with E-state index in [2.05, 4.69) is 32.0 Å². The summed E-state index contributed by atoms with van der Waals surface area (Å²) < 4.78 is 0. The van der Waals surface area contributed by atoms with Gasteiger partial charge in [-0.1, -0.05) is 19.8 Å². The second-order valence-corrected chi connectivity index (χ2v) is 7.12. The minimum absolute atomic E-state index is 0.0713. The van der Waals surface area contributed by atoms with Gasteiger partial charge in [0.2, 0.25) is 11.9 Å². The lowest BCUT2D eigenvalue weighted by Gasteiger charge is -2.38. The first-order valence-electron chi connectivity index (χ1n) is 9.21. The van der Waals surface area contributed by atoms with Crippen LogP contribution in [0.4, 0.5) is 5.95 Å². The zero-order valence-corrected chi connectivity index (χ0v) is 14.8. The highest BCUT2D eigenvalue weighted by Crippen LogP contribution is 2.24. The molecular formula is C18H29N5O. The molecule has 132 valence electrons. The molecule has 2 aliphatic rings. The van der Waals surface area contributed by atoms with Crippen LogP contribution in [0.5, 0.6) is 0 Å². The Morgan fingerprint density at radius 1 is 1.17 bits per heavy atom. The van der Waals surface area contributed by atoms with Gasteiger partial charge in [0.05, 0.1) is 6.04 Å². The largest absolute Gasteiger partial charge is 0.352 e. The molecule has 1 aliphatic carbocycles. The first-order valence-corrected chi connectivity index (χ1v) is 9.21. The number of carbonyl (C=O) groups is 1. The Bertz CT molecular complexity index is 529. The fraction of sp³-hybridized carbons (Fsp3) is 0.722. The predicted octanol–water partition coefficient (Wildman–Crippen LogP) is 1.68. The quantitative estimate of drug-likeness (QED) is 0.909. The van der Waals surface area contributed by atoms with Crippen molar-refractivity contribution in [2.45, 2.75) is 51.6 Å². The van der Waals surface area contributed by atoms with E-state index in [9.17, 15) is 4.79 Å². The van der Waals surface area contributed by atoms with Crippen LogP contribution in [-0.2, 0) is 4.79 Å². The maximum absolute atomic E-state index is 12.6. The number of hydrogen-bond donors (Lipinski definition) is 1. The van der Waals surface area contributed by atoms with E-state index in [1.165, 1.54) is 19.3 Å². The monoisotopic (exact) mass is 331 g/mol. The van der Waals surface area contributed by atoms with E-state index in [0.29, 0.717) is 12.0 Å². The Labute approximate surface area is 144 Å². The second kappa shape index (κ2) is 7.92. The molecule has 1 amide bonds. The maximum Gasteiger partial charge on any atom is 0.237 e. The Balaban J connectivity index is 1.49. The molecular weight excluding hydrogens is 302 g/mol. The van der Waals surface area contributed by atoms with Crippen LogP contribution in [0.1, 0.15) is 39.5 Å². The Morgan fingerprint density at radius 2 is 1.83 bits per heavy atom. The van der Waals surface area contributed by atoms with Gasteiger partial charge in [-0.25, -0.2) is 9.97 Å². The lowest BCUT2D eigenvalue weighted by atomic mass is 9.86. The molecule has 6 heteroatoms. The van der Waals surface area contributed by atoms with Crippen LogP contribution >= 0.6 is 0 Å². The van der Waals surface area contributed by atoms with E-state index in [0.717, 1.165) is 38.5 Å². The standard InChI is InChI=1S/C18H29N5O/c1-14-6-3-4-7-16(14)21-17(24)15(2)22-10-12-23(13-11-22)18-19-8-5-9-20-18/h5,8-9,14-16H,3-4,6-7,10-13H2,1-2H3,(H,21,24)/t14-,15-,16+/m1/s1. The molecule has 2 fully saturated rings. The number of anilines is 1. The Hall–Kier alpha value is -1.69. The van der Waals surface area contributed by atoms with Crippen molar-refractivity contribution in [3.05, 3.63) is 18.5 Å². The van der Waals surface area contributed by atoms with E-state index in [1.807, 2.05) is 13.0 Å². The zero-order chi connectivity index (χ0) is 16.9. The number of nitrogens with one attached hydrogen (secondary N) is 1.